The summed E-state index contributed by atoms with van der Waals surface area (Å²) in [5.41, 5.74) is 0.344. The van der Waals surface area contributed by atoms with E-state index in [2.05, 4.69) is 5.32 Å². The Hall–Kier alpha value is -2.00. The molecule has 0 aliphatic heterocycles. The van der Waals surface area contributed by atoms with Crippen molar-refractivity contribution < 1.29 is 24.1 Å². The fourth-order valence-corrected chi connectivity index (χ4v) is 2.13. The Morgan fingerprint density at radius 1 is 1.55 bits per heavy atom. The molecule has 1 rings (SSSR count). The number of carboxylic acid groups (broad SMARTS) is 1. The molecule has 0 spiro atoms. The Morgan fingerprint density at radius 2 is 2.25 bits per heavy atom. The summed E-state index contributed by atoms with van der Waals surface area (Å²) in [4.78, 5) is 20.4. The quantitative estimate of drug-likeness (QED) is 0.336. The van der Waals surface area contributed by atoms with Crippen LogP contribution in [0.4, 0.5) is 10.5 Å². The molecule has 0 aliphatic carbocycles. The molecule has 0 saturated carbocycles. The van der Waals surface area contributed by atoms with E-state index in [9.17, 15) is 19.5 Å². The van der Waals surface area contributed by atoms with Gasteiger partial charge in [-0.2, -0.15) is 0 Å². The number of benzene rings is 1. The van der Waals surface area contributed by atoms with Gasteiger partial charge in [0.25, 0.3) is 5.69 Å². The van der Waals surface area contributed by atoms with Gasteiger partial charge in [0.1, 0.15) is 18.1 Å². The molecule has 1 atom stereocenters. The number of nitro benzene ring substituents is 1. The number of nitrogens with zero attached hydrogens (tertiary/aromatic N) is 1. The highest BCUT2D eigenvalue weighted by molar-refractivity contribution is 7.89. The van der Waals surface area contributed by atoms with Crippen molar-refractivity contribution >= 4 is 23.0 Å². The number of ether oxygens (including phenoxy) is 1. The van der Waals surface area contributed by atoms with Gasteiger partial charge in [0, 0.05) is 17.7 Å². The van der Waals surface area contributed by atoms with Gasteiger partial charge in [0.15, 0.2) is 0 Å². The Labute approximate surface area is 118 Å². The number of rotatable bonds is 7. The predicted molar refractivity (Wildman–Crippen MR) is 72.4 cm³/mol. The number of hydrogen-bond acceptors (Lipinski definition) is 5. The molecule has 1 aromatic rings. The molecule has 0 fully saturated rings. The summed E-state index contributed by atoms with van der Waals surface area (Å²) >= 11 is -1.18. The van der Waals surface area contributed by atoms with Gasteiger partial charge in [-0.3, -0.25) is 10.1 Å². The lowest BCUT2D eigenvalue weighted by molar-refractivity contribution is -0.384. The van der Waals surface area contributed by atoms with Gasteiger partial charge in [-0.1, -0.05) is 11.2 Å². The van der Waals surface area contributed by atoms with Crippen LogP contribution < -0.4 is 10.1 Å². The van der Waals surface area contributed by atoms with Gasteiger partial charge >= 0.3 is 6.09 Å². The second-order valence-electron chi connectivity index (χ2n) is 3.85. The number of nitro groups is 1. The number of amides is 1. The average molecular weight is 302 g/mol. The fourth-order valence-electron chi connectivity index (χ4n) is 1.47. The Morgan fingerprint density at radius 3 is 2.80 bits per heavy atom. The van der Waals surface area contributed by atoms with E-state index < -0.39 is 22.2 Å². The first-order chi connectivity index (χ1) is 9.40. The summed E-state index contributed by atoms with van der Waals surface area (Å²) in [5.74, 6) is 0.488. The van der Waals surface area contributed by atoms with E-state index in [0.717, 1.165) is 0 Å². The molecule has 9 heteroatoms. The molecule has 0 heterocycles. The molecule has 8 nitrogen and oxygen atoms in total. The summed E-state index contributed by atoms with van der Waals surface area (Å²) in [6.07, 6.45) is 0.321. The van der Waals surface area contributed by atoms with Crippen molar-refractivity contribution in [2.75, 3.05) is 19.4 Å². The zero-order valence-corrected chi connectivity index (χ0v) is 11.5. The van der Waals surface area contributed by atoms with Crippen LogP contribution >= 0.6 is 0 Å². The highest BCUT2D eigenvalue weighted by atomic mass is 32.2. The van der Waals surface area contributed by atoms with Crippen molar-refractivity contribution in [2.45, 2.75) is 5.75 Å². The monoisotopic (exact) mass is 302 g/mol. The normalized spacial score (nSPS) is 11.7. The Bertz CT molecular complexity index is 494. The summed E-state index contributed by atoms with van der Waals surface area (Å²) in [6, 6.07) is 4.00. The van der Waals surface area contributed by atoms with Crippen LogP contribution in [0.3, 0.4) is 0 Å². The van der Waals surface area contributed by atoms with Crippen LogP contribution in [0.25, 0.3) is 0 Å². The largest absolute Gasteiger partial charge is 0.616 e. The molecule has 20 heavy (non-hydrogen) atoms. The van der Waals surface area contributed by atoms with E-state index in [1.54, 1.807) is 0 Å². The number of nitrogens with one attached hydrogen (secondary N) is 1. The topological polar surface area (TPSA) is 125 Å². The molecule has 1 aromatic carbocycles. The maximum Gasteiger partial charge on any atom is 0.404 e. The first-order valence-electron chi connectivity index (χ1n) is 5.57. The Kier molecular flexibility index (Phi) is 6.07. The van der Waals surface area contributed by atoms with Gasteiger partial charge in [-0.05, 0) is 6.07 Å². The van der Waals surface area contributed by atoms with Gasteiger partial charge < -0.3 is 19.7 Å². The standard InChI is InChI=1S/C11H14N2O6S/c1-20(18)7-8-6-9(13(16)17)2-3-10(8)19-5-4-12-11(14)15/h2-3,6,12H,4-5,7H2,1H3,(H,14,15). The second-order valence-corrected chi connectivity index (χ2v) is 5.28. The zero-order valence-electron chi connectivity index (χ0n) is 10.7. The summed E-state index contributed by atoms with van der Waals surface area (Å²) in [7, 11) is 0. The third kappa shape index (κ3) is 5.33. The first-order valence-corrected chi connectivity index (χ1v) is 7.30. The summed E-state index contributed by atoms with van der Waals surface area (Å²) in [5, 5.41) is 21.2. The average Bonchev–Trinajstić information content (AvgIpc) is 2.34. The molecule has 0 aromatic heterocycles. The second kappa shape index (κ2) is 7.56. The van der Waals surface area contributed by atoms with E-state index in [1.807, 2.05) is 0 Å². The lowest BCUT2D eigenvalue weighted by atomic mass is 10.2. The van der Waals surface area contributed by atoms with Crippen molar-refractivity contribution in [1.82, 2.24) is 5.32 Å². The zero-order chi connectivity index (χ0) is 15.1. The van der Waals surface area contributed by atoms with Gasteiger partial charge in [-0.15, -0.1) is 0 Å². The third-order valence-electron chi connectivity index (χ3n) is 2.25. The number of non-ortho nitro benzene ring substituents is 1. The maximum absolute atomic E-state index is 11.3. The highest BCUT2D eigenvalue weighted by Crippen LogP contribution is 2.25. The molecule has 0 aliphatic rings. The molecule has 2 N–H and O–H groups in total. The highest BCUT2D eigenvalue weighted by Gasteiger charge is 2.15. The minimum Gasteiger partial charge on any atom is -0.616 e. The van der Waals surface area contributed by atoms with E-state index >= 15 is 0 Å². The molecule has 0 radical (unpaired) electrons. The maximum atomic E-state index is 11.3. The van der Waals surface area contributed by atoms with Crippen molar-refractivity contribution in [2.24, 2.45) is 0 Å². The van der Waals surface area contributed by atoms with Crippen molar-refractivity contribution in [3.8, 4) is 5.75 Å². The molecule has 0 saturated heterocycles. The van der Waals surface area contributed by atoms with Crippen LogP contribution in [0, 0.1) is 10.1 Å². The summed E-state index contributed by atoms with van der Waals surface area (Å²) < 4.78 is 16.6. The minimum absolute atomic E-state index is 0.0768. The van der Waals surface area contributed by atoms with Crippen LogP contribution in [0.5, 0.6) is 5.75 Å². The molecule has 1 amide bonds. The molecular weight excluding hydrogens is 288 g/mol. The third-order valence-corrected chi connectivity index (χ3v) is 2.97. The van der Waals surface area contributed by atoms with Crippen LogP contribution in [0.15, 0.2) is 18.2 Å². The molecular formula is C11H14N2O6S. The Balaban J connectivity index is 2.77. The number of hydrogen-bond donors (Lipinski definition) is 2. The van der Waals surface area contributed by atoms with E-state index in [4.69, 9.17) is 9.84 Å². The van der Waals surface area contributed by atoms with Gasteiger partial charge in [0.2, 0.25) is 0 Å². The van der Waals surface area contributed by atoms with E-state index in [0.29, 0.717) is 11.3 Å². The van der Waals surface area contributed by atoms with Crippen LogP contribution in [0.2, 0.25) is 0 Å². The molecule has 0 bridgehead atoms. The van der Waals surface area contributed by atoms with Crippen LogP contribution in [0.1, 0.15) is 5.56 Å². The first kappa shape index (κ1) is 16.1. The van der Waals surface area contributed by atoms with Gasteiger partial charge in [-0.25, -0.2) is 4.79 Å². The SMILES string of the molecule is C[S+]([O-])Cc1cc([N+](=O)[O-])ccc1OCCNC(=O)O. The number of carbonyl (C=O) groups is 1. The lowest BCUT2D eigenvalue weighted by Crippen LogP contribution is -2.26. The molecule has 1 unspecified atom stereocenters. The van der Waals surface area contributed by atoms with Gasteiger partial charge in [0.05, 0.1) is 17.7 Å². The van der Waals surface area contributed by atoms with Crippen molar-refractivity contribution in [1.29, 1.82) is 0 Å². The van der Waals surface area contributed by atoms with Crippen LogP contribution in [-0.4, -0.2) is 40.1 Å². The summed E-state index contributed by atoms with van der Waals surface area (Å²) in [6.45, 7) is 0.161. The smallest absolute Gasteiger partial charge is 0.404 e. The predicted octanol–water partition coefficient (Wildman–Crippen LogP) is 1.12. The van der Waals surface area contributed by atoms with E-state index in [1.165, 1.54) is 24.5 Å². The lowest BCUT2D eigenvalue weighted by Gasteiger charge is -2.12. The fraction of sp³-hybridized carbons (Fsp3) is 0.364. The van der Waals surface area contributed by atoms with Crippen LogP contribution in [-0.2, 0) is 16.9 Å². The molecule has 110 valence electrons. The van der Waals surface area contributed by atoms with E-state index in [-0.39, 0.29) is 24.6 Å². The van der Waals surface area contributed by atoms with Crippen molar-refractivity contribution in [3.05, 3.63) is 33.9 Å². The van der Waals surface area contributed by atoms with Crippen molar-refractivity contribution in [3.63, 3.8) is 0 Å². The minimum atomic E-state index is -1.18.